The fraction of sp³-hybridized carbons (Fsp3) is 0.500. The molecule has 1 atom stereocenters. The molecule has 0 aliphatic carbocycles. The van der Waals surface area contributed by atoms with Crippen molar-refractivity contribution in [3.8, 4) is 0 Å². The van der Waals surface area contributed by atoms with Gasteiger partial charge in [-0.25, -0.2) is 0 Å². The monoisotopic (exact) mass is 139 g/mol. The van der Waals surface area contributed by atoms with Gasteiger partial charge in [0.1, 0.15) is 0 Å². The Morgan fingerprint density at radius 1 is 1.56 bits per heavy atom. The first kappa shape index (κ1) is 8.55. The van der Waals surface area contributed by atoms with Crippen molar-refractivity contribution in [3.05, 3.63) is 12.1 Å². The van der Waals surface area contributed by atoms with E-state index in [0.717, 1.165) is 6.92 Å². The summed E-state index contributed by atoms with van der Waals surface area (Å²) in [6, 6.07) is 0. The van der Waals surface area contributed by atoms with Crippen LogP contribution >= 0.6 is 0 Å². The Labute approximate surface area is 51.2 Å². The molecule has 0 heterocycles. The highest BCUT2D eigenvalue weighted by Crippen LogP contribution is 2.20. The van der Waals surface area contributed by atoms with Crippen molar-refractivity contribution in [2.45, 2.75) is 13.0 Å². The first-order chi connectivity index (χ1) is 3.85. The largest absolute Gasteiger partial charge is 0.507 e. The second kappa shape index (κ2) is 2.43. The summed E-state index contributed by atoms with van der Waals surface area (Å²) in [5.41, 5.74) is -1.05. The summed E-state index contributed by atoms with van der Waals surface area (Å²) >= 11 is 0. The van der Waals surface area contributed by atoms with E-state index in [9.17, 15) is 12.9 Å². The van der Waals surface area contributed by atoms with Gasteiger partial charge < -0.3 is 18.1 Å². The van der Waals surface area contributed by atoms with Crippen LogP contribution < -0.4 is 0 Å². The van der Waals surface area contributed by atoms with Crippen LogP contribution in [0.2, 0.25) is 0 Å². The molecule has 0 rings (SSSR count). The van der Waals surface area contributed by atoms with Gasteiger partial charge in [-0.3, -0.25) is 0 Å². The van der Waals surface area contributed by atoms with Crippen molar-refractivity contribution in [1.82, 2.24) is 0 Å². The molecule has 1 nitrogen and oxygen atoms in total. The van der Waals surface area contributed by atoms with E-state index in [1.807, 2.05) is 0 Å². The molecular weight excluding hydrogens is 132 g/mol. The maximum Gasteiger partial charge on any atom is 0.507 e. The molecule has 0 aromatic rings. The van der Waals surface area contributed by atoms with E-state index in [2.05, 4.69) is 6.58 Å². The number of halogens is 3. The summed E-state index contributed by atoms with van der Waals surface area (Å²) in [5.74, 6) is 0. The predicted molar refractivity (Wildman–Crippen MR) is 29.9 cm³/mol. The molecule has 0 aromatic carbocycles. The Balaban J connectivity index is 4.06. The second-order valence-corrected chi connectivity index (χ2v) is 1.83. The summed E-state index contributed by atoms with van der Waals surface area (Å²) in [6.07, 6.45) is -1.48. The number of hydrogen-bond donors (Lipinski definition) is 1. The summed E-state index contributed by atoms with van der Waals surface area (Å²) in [5, 5.41) is 8.35. The zero-order valence-corrected chi connectivity index (χ0v) is 4.94. The third-order valence-electron chi connectivity index (χ3n) is 0.957. The Kier molecular flexibility index (Phi) is 2.31. The topological polar surface area (TPSA) is 20.2 Å². The molecule has 0 amide bonds. The molecule has 0 radical (unpaired) electrons. The molecule has 0 aliphatic heterocycles. The smallest absolute Gasteiger partial charge is 0.445 e. The van der Waals surface area contributed by atoms with Crippen LogP contribution in [0.3, 0.4) is 0 Å². The first-order valence-corrected chi connectivity index (χ1v) is 2.42. The molecule has 0 saturated heterocycles. The Hall–Kier alpha value is -0.445. The summed E-state index contributed by atoms with van der Waals surface area (Å²) in [4.78, 5) is 0. The van der Waals surface area contributed by atoms with Crippen LogP contribution in [-0.4, -0.2) is 18.2 Å². The molecule has 0 aliphatic rings. The summed E-state index contributed by atoms with van der Waals surface area (Å²) < 4.78 is 34.5. The molecule has 0 unspecified atom stereocenters. The maximum atomic E-state index is 11.5. The lowest BCUT2D eigenvalue weighted by Gasteiger charge is -2.19. The van der Waals surface area contributed by atoms with Crippen LogP contribution in [0.15, 0.2) is 12.1 Å². The Morgan fingerprint density at radius 3 is 1.89 bits per heavy atom. The standard InChI is InChI=1S/C4H7BF3O/c1-3(4(2)9)5(6,7)8/h4,9H,1H2,2H3/q-1/t4-/m1/s1. The van der Waals surface area contributed by atoms with Gasteiger partial charge in [0.2, 0.25) is 0 Å². The van der Waals surface area contributed by atoms with Gasteiger partial charge in [-0.15, -0.1) is 12.1 Å². The minimum Gasteiger partial charge on any atom is -0.445 e. The van der Waals surface area contributed by atoms with Crippen LogP contribution in [0.4, 0.5) is 12.9 Å². The molecule has 0 spiro atoms. The highest BCUT2D eigenvalue weighted by atomic mass is 19.4. The van der Waals surface area contributed by atoms with E-state index >= 15 is 0 Å². The quantitative estimate of drug-likeness (QED) is 0.571. The number of hydrogen-bond acceptors (Lipinski definition) is 1. The molecule has 1 N–H and O–H groups in total. The lowest BCUT2D eigenvalue weighted by atomic mass is 9.77. The van der Waals surface area contributed by atoms with Crippen molar-refractivity contribution in [2.24, 2.45) is 0 Å². The van der Waals surface area contributed by atoms with Crippen LogP contribution in [0.25, 0.3) is 0 Å². The summed E-state index contributed by atoms with van der Waals surface area (Å²) in [7, 11) is 0. The van der Waals surface area contributed by atoms with Crippen LogP contribution in [0.5, 0.6) is 0 Å². The van der Waals surface area contributed by atoms with E-state index in [-0.39, 0.29) is 0 Å². The molecule has 54 valence electrons. The van der Waals surface area contributed by atoms with Gasteiger partial charge in [0.05, 0.1) is 0 Å². The fourth-order valence-electron chi connectivity index (χ4n) is 0.273. The van der Waals surface area contributed by atoms with Crippen molar-refractivity contribution in [1.29, 1.82) is 0 Å². The van der Waals surface area contributed by atoms with E-state index in [1.165, 1.54) is 0 Å². The van der Waals surface area contributed by atoms with E-state index in [1.54, 1.807) is 0 Å². The number of aliphatic hydroxyl groups is 1. The maximum absolute atomic E-state index is 11.5. The molecule has 0 bridgehead atoms. The van der Waals surface area contributed by atoms with Gasteiger partial charge >= 0.3 is 6.98 Å². The lowest BCUT2D eigenvalue weighted by Crippen LogP contribution is -2.26. The highest BCUT2D eigenvalue weighted by molar-refractivity contribution is 6.66. The normalized spacial score (nSPS) is 15.2. The van der Waals surface area contributed by atoms with Crippen molar-refractivity contribution in [3.63, 3.8) is 0 Å². The van der Waals surface area contributed by atoms with Crippen LogP contribution in [-0.2, 0) is 0 Å². The van der Waals surface area contributed by atoms with Gasteiger partial charge in [-0.05, 0) is 6.92 Å². The minimum atomic E-state index is -5.05. The zero-order chi connectivity index (χ0) is 7.65. The van der Waals surface area contributed by atoms with E-state index in [0.29, 0.717) is 0 Å². The first-order valence-electron chi connectivity index (χ1n) is 2.42. The molecule has 0 fully saturated rings. The average molecular weight is 139 g/mol. The van der Waals surface area contributed by atoms with Crippen molar-refractivity contribution < 1.29 is 18.1 Å². The Bertz CT molecular complexity index is 117. The average Bonchev–Trinajstić information content (AvgIpc) is 1.62. The fourth-order valence-corrected chi connectivity index (χ4v) is 0.273. The SMILES string of the molecule is C=C([C@@H](C)O)[B-](F)(F)F. The van der Waals surface area contributed by atoms with E-state index in [4.69, 9.17) is 5.11 Å². The lowest BCUT2D eigenvalue weighted by molar-refractivity contribution is 0.231. The highest BCUT2D eigenvalue weighted by Gasteiger charge is 2.28. The third-order valence-corrected chi connectivity index (χ3v) is 0.957. The third kappa shape index (κ3) is 2.55. The molecule has 9 heavy (non-hydrogen) atoms. The number of aliphatic hydroxyl groups excluding tert-OH is 1. The summed E-state index contributed by atoms with van der Waals surface area (Å²) in [6.45, 7) is -1.33. The molecule has 5 heteroatoms. The van der Waals surface area contributed by atoms with Gasteiger partial charge in [0, 0.05) is 6.10 Å². The van der Waals surface area contributed by atoms with Gasteiger partial charge in [0.25, 0.3) is 0 Å². The minimum absolute atomic E-state index is 1.04. The van der Waals surface area contributed by atoms with Crippen molar-refractivity contribution in [2.75, 3.05) is 0 Å². The van der Waals surface area contributed by atoms with E-state index < -0.39 is 18.6 Å². The van der Waals surface area contributed by atoms with Crippen LogP contribution in [0, 0.1) is 0 Å². The predicted octanol–water partition coefficient (Wildman–Crippen LogP) is 1.31. The van der Waals surface area contributed by atoms with Gasteiger partial charge in [-0.2, -0.15) is 0 Å². The molecule has 0 aromatic heterocycles. The van der Waals surface area contributed by atoms with Gasteiger partial charge in [-0.1, -0.05) is 0 Å². The molecule has 0 saturated carbocycles. The van der Waals surface area contributed by atoms with Crippen molar-refractivity contribution >= 4 is 6.98 Å². The van der Waals surface area contributed by atoms with Crippen LogP contribution in [0.1, 0.15) is 6.92 Å². The molecular formula is C4H7BF3O-. The zero-order valence-electron chi connectivity index (χ0n) is 4.94. The Morgan fingerprint density at radius 2 is 1.89 bits per heavy atom. The second-order valence-electron chi connectivity index (χ2n) is 1.83. The number of rotatable bonds is 2. The van der Waals surface area contributed by atoms with Gasteiger partial charge in [0.15, 0.2) is 0 Å².